The summed E-state index contributed by atoms with van der Waals surface area (Å²) in [4.78, 5) is 21.0. The first-order valence-corrected chi connectivity index (χ1v) is 12.3. The number of nitrogens with zero attached hydrogens (tertiary/aromatic N) is 3. The third-order valence-electron chi connectivity index (χ3n) is 5.20. The fraction of sp³-hybridized carbons (Fsp3) is 0.190. The number of hydrogen-bond acceptors (Lipinski definition) is 7. The Labute approximate surface area is 199 Å². The summed E-state index contributed by atoms with van der Waals surface area (Å²) < 4.78 is 25.3. The zero-order chi connectivity index (χ0) is 23.6. The van der Waals surface area contributed by atoms with Gasteiger partial charge in [0.25, 0.3) is 16.1 Å². The van der Waals surface area contributed by atoms with Gasteiger partial charge in [0.05, 0.1) is 15.7 Å². The molecule has 3 aromatic rings. The van der Waals surface area contributed by atoms with E-state index in [1.165, 1.54) is 4.31 Å². The van der Waals surface area contributed by atoms with E-state index in [2.05, 4.69) is 41.8 Å². The molecule has 12 heteroatoms. The Balaban J connectivity index is 1.57. The number of aromatic nitrogens is 2. The maximum Gasteiger partial charge on any atom is 0.277 e. The number of hydrogen-bond donors (Lipinski definition) is 4. The highest BCUT2D eigenvalue weighted by Gasteiger charge is 2.23. The number of para-hydroxylation sites is 1. The number of nitrogens with one attached hydrogen (secondary N) is 3. The van der Waals surface area contributed by atoms with Crippen LogP contribution in [0.15, 0.2) is 53.1 Å². The molecule has 33 heavy (non-hydrogen) atoms. The van der Waals surface area contributed by atoms with Gasteiger partial charge in [-0.25, -0.2) is 10.1 Å². The number of halogens is 1. The molecule has 1 aliphatic rings. The van der Waals surface area contributed by atoms with Gasteiger partial charge in [0, 0.05) is 32.0 Å². The Morgan fingerprint density at radius 1 is 1.15 bits per heavy atom. The second-order valence-corrected chi connectivity index (χ2v) is 9.78. The molecule has 0 atom stereocenters. The maximum absolute atomic E-state index is 12.2. The number of carbonyl (C=O) groups is 1. The van der Waals surface area contributed by atoms with E-state index in [0.29, 0.717) is 46.1 Å². The fourth-order valence-electron chi connectivity index (χ4n) is 3.52. The molecule has 2 aromatic carbocycles. The molecule has 0 bridgehead atoms. The molecule has 10 nitrogen and oxygen atoms in total. The maximum atomic E-state index is 12.2. The van der Waals surface area contributed by atoms with E-state index in [9.17, 15) is 13.2 Å². The second kappa shape index (κ2) is 9.43. The summed E-state index contributed by atoms with van der Waals surface area (Å²) >= 11 is 3.44. The van der Waals surface area contributed by atoms with Gasteiger partial charge in [-0.05, 0) is 57.7 Å². The molecule has 0 spiro atoms. The molecule has 1 amide bonds. The predicted molar refractivity (Wildman–Crippen MR) is 130 cm³/mol. The smallest absolute Gasteiger partial charge is 0.277 e. The van der Waals surface area contributed by atoms with Crippen molar-refractivity contribution < 1.29 is 13.2 Å². The average Bonchev–Trinajstić information content (AvgIpc) is 2.80. The van der Waals surface area contributed by atoms with E-state index < -0.39 is 10.2 Å². The summed E-state index contributed by atoms with van der Waals surface area (Å²) in [5, 5.41) is 14.2. The van der Waals surface area contributed by atoms with E-state index in [1.54, 1.807) is 31.4 Å². The molecule has 2 heterocycles. The van der Waals surface area contributed by atoms with Crippen LogP contribution < -0.4 is 21.1 Å². The number of nitrogens with two attached hydrogens (primary N) is 1. The number of carbonyl (C=O) groups excluding carboxylic acids is 1. The van der Waals surface area contributed by atoms with Crippen molar-refractivity contribution in [1.29, 1.82) is 0 Å². The Bertz CT molecular complexity index is 1320. The molecule has 172 valence electrons. The van der Waals surface area contributed by atoms with Gasteiger partial charge in [-0.3, -0.25) is 4.79 Å². The number of rotatable bonds is 6. The first-order valence-electron chi connectivity index (χ1n) is 10.0. The Morgan fingerprint density at radius 3 is 2.70 bits per heavy atom. The molecule has 5 N–H and O–H groups in total. The minimum atomic E-state index is -3.75. The molecule has 1 aromatic heterocycles. The highest BCUT2D eigenvalue weighted by molar-refractivity contribution is 9.10. The van der Waals surface area contributed by atoms with Crippen LogP contribution in [0.4, 0.5) is 23.1 Å². The Hall–Kier alpha value is -3.06. The van der Waals surface area contributed by atoms with Crippen LogP contribution >= 0.6 is 15.9 Å². The van der Waals surface area contributed by atoms with Gasteiger partial charge in [0.1, 0.15) is 5.82 Å². The van der Waals surface area contributed by atoms with E-state index in [1.807, 2.05) is 24.3 Å². The number of fused-ring (bicyclic) bond motifs is 1. The van der Waals surface area contributed by atoms with Crippen LogP contribution in [-0.2, 0) is 23.2 Å². The van der Waals surface area contributed by atoms with Crippen molar-refractivity contribution in [3.8, 4) is 0 Å². The van der Waals surface area contributed by atoms with Crippen LogP contribution in [0.5, 0.6) is 0 Å². The quantitative estimate of drug-likeness (QED) is 0.382. The Kier molecular flexibility index (Phi) is 6.61. The zero-order valence-corrected chi connectivity index (χ0v) is 20.1. The fourth-order valence-corrected chi connectivity index (χ4v) is 4.48. The van der Waals surface area contributed by atoms with Crippen molar-refractivity contribution >= 4 is 55.2 Å². The number of amides is 1. The molecule has 0 radical (unpaired) electrons. The van der Waals surface area contributed by atoms with Crippen LogP contribution in [0.3, 0.4) is 0 Å². The van der Waals surface area contributed by atoms with Crippen molar-refractivity contribution in [3.05, 3.63) is 69.8 Å². The molecule has 0 aliphatic carbocycles. The normalized spacial score (nSPS) is 13.8. The molecule has 4 rings (SSSR count). The summed E-state index contributed by atoms with van der Waals surface area (Å²) in [6, 6.07) is 12.8. The summed E-state index contributed by atoms with van der Waals surface area (Å²) in [6.45, 7) is 0.578. The third kappa shape index (κ3) is 5.30. The van der Waals surface area contributed by atoms with Crippen molar-refractivity contribution in [2.24, 2.45) is 5.14 Å². The largest absolute Gasteiger partial charge is 0.355 e. The van der Waals surface area contributed by atoms with E-state index in [4.69, 9.17) is 5.14 Å². The van der Waals surface area contributed by atoms with Crippen LogP contribution in [0, 0.1) is 0 Å². The standard InChI is InChI=1S/C21H22BrN7O3S/c1-24-20(30)16-4-2-3-5-18(16)27-19-17(22)11-25-21(28-19)26-15-7-6-13-8-9-29(33(23,31)32)12-14(13)10-15/h2-7,10-11H,8-9,12H2,1H3,(H,24,30)(H2,23,31,32)(H2,25,26,27,28). The van der Waals surface area contributed by atoms with Gasteiger partial charge >= 0.3 is 0 Å². The highest BCUT2D eigenvalue weighted by atomic mass is 79.9. The minimum absolute atomic E-state index is 0.216. The van der Waals surface area contributed by atoms with Crippen molar-refractivity contribution in [2.75, 3.05) is 24.2 Å². The lowest BCUT2D eigenvalue weighted by Crippen LogP contribution is -2.40. The first-order chi connectivity index (χ1) is 15.7. The first kappa shape index (κ1) is 23.1. The molecular weight excluding hydrogens is 510 g/mol. The molecule has 1 aliphatic heterocycles. The van der Waals surface area contributed by atoms with E-state index in [-0.39, 0.29) is 12.5 Å². The lowest BCUT2D eigenvalue weighted by Gasteiger charge is -2.26. The van der Waals surface area contributed by atoms with Crippen molar-refractivity contribution in [1.82, 2.24) is 19.6 Å². The molecule has 0 fully saturated rings. The van der Waals surface area contributed by atoms with Crippen LogP contribution in [0.1, 0.15) is 21.5 Å². The van der Waals surface area contributed by atoms with Gasteiger partial charge in [0.15, 0.2) is 0 Å². The monoisotopic (exact) mass is 531 g/mol. The summed E-state index contributed by atoms with van der Waals surface area (Å²) in [5.74, 6) is 0.587. The number of benzene rings is 2. The minimum Gasteiger partial charge on any atom is -0.355 e. The molecular formula is C21H22BrN7O3S. The van der Waals surface area contributed by atoms with Gasteiger partial charge in [0.2, 0.25) is 5.95 Å². The number of anilines is 4. The van der Waals surface area contributed by atoms with Crippen LogP contribution in [0.25, 0.3) is 0 Å². The van der Waals surface area contributed by atoms with Crippen molar-refractivity contribution in [3.63, 3.8) is 0 Å². The average molecular weight is 532 g/mol. The zero-order valence-electron chi connectivity index (χ0n) is 17.7. The lowest BCUT2D eigenvalue weighted by molar-refractivity contribution is 0.0964. The van der Waals surface area contributed by atoms with Crippen LogP contribution in [-0.4, -0.2) is 42.2 Å². The second-order valence-electron chi connectivity index (χ2n) is 7.38. The lowest BCUT2D eigenvalue weighted by atomic mass is 10.0. The molecule has 0 saturated carbocycles. The van der Waals surface area contributed by atoms with Crippen molar-refractivity contribution in [2.45, 2.75) is 13.0 Å². The van der Waals surface area contributed by atoms with E-state index in [0.717, 1.165) is 11.1 Å². The van der Waals surface area contributed by atoms with Gasteiger partial charge in [-0.2, -0.15) is 17.7 Å². The summed E-state index contributed by atoms with van der Waals surface area (Å²) in [5.41, 5.74) is 3.73. The van der Waals surface area contributed by atoms with Gasteiger partial charge in [-0.15, -0.1) is 0 Å². The third-order valence-corrected chi connectivity index (χ3v) is 6.81. The van der Waals surface area contributed by atoms with E-state index >= 15 is 0 Å². The van der Waals surface area contributed by atoms with Gasteiger partial charge < -0.3 is 16.0 Å². The van der Waals surface area contributed by atoms with Gasteiger partial charge in [-0.1, -0.05) is 18.2 Å². The van der Waals surface area contributed by atoms with Crippen LogP contribution in [0.2, 0.25) is 0 Å². The molecule has 0 saturated heterocycles. The topological polar surface area (TPSA) is 142 Å². The molecule has 0 unspecified atom stereocenters. The Morgan fingerprint density at radius 2 is 1.94 bits per heavy atom. The predicted octanol–water partition coefficient (Wildman–Crippen LogP) is 2.65. The highest BCUT2D eigenvalue weighted by Crippen LogP contribution is 2.28. The SMILES string of the molecule is CNC(=O)c1ccccc1Nc1nc(Nc2ccc3c(c2)CN(S(N)(=O)=O)CC3)ncc1Br. The summed E-state index contributed by atoms with van der Waals surface area (Å²) in [6.07, 6.45) is 2.20. The summed E-state index contributed by atoms with van der Waals surface area (Å²) in [7, 11) is -2.17.